The molecule has 0 saturated carbocycles. The Morgan fingerprint density at radius 2 is 1.81 bits per heavy atom. The molecule has 0 aliphatic heterocycles. The third-order valence-corrected chi connectivity index (χ3v) is 2.35. The summed E-state index contributed by atoms with van der Waals surface area (Å²) in [4.78, 5) is 10.5. The van der Waals surface area contributed by atoms with Gasteiger partial charge in [-0.1, -0.05) is 26.0 Å². The minimum absolute atomic E-state index is 0.0198. The Morgan fingerprint density at radius 1 is 1.25 bits per heavy atom. The zero-order chi connectivity index (χ0) is 12.1. The number of hydrogen-bond donors (Lipinski definition) is 1. The second kappa shape index (κ2) is 5.54. The van der Waals surface area contributed by atoms with Crippen molar-refractivity contribution >= 4 is 5.97 Å². The van der Waals surface area contributed by atoms with Crippen LogP contribution in [-0.4, -0.2) is 17.2 Å². The van der Waals surface area contributed by atoms with Crippen molar-refractivity contribution in [2.45, 2.75) is 39.2 Å². The number of ether oxygens (including phenoxy) is 1. The van der Waals surface area contributed by atoms with Gasteiger partial charge in [0.25, 0.3) is 0 Å². The molecule has 1 aromatic rings. The van der Waals surface area contributed by atoms with Gasteiger partial charge in [0.1, 0.15) is 11.9 Å². The van der Waals surface area contributed by atoms with Crippen molar-refractivity contribution in [1.29, 1.82) is 0 Å². The number of carboxylic acid groups (broad SMARTS) is 1. The summed E-state index contributed by atoms with van der Waals surface area (Å²) in [5, 5.41) is 8.60. The van der Waals surface area contributed by atoms with E-state index >= 15 is 0 Å². The lowest BCUT2D eigenvalue weighted by Gasteiger charge is -2.13. The van der Waals surface area contributed by atoms with Gasteiger partial charge in [0.15, 0.2) is 0 Å². The molecular formula is C13H18O3. The van der Waals surface area contributed by atoms with Crippen molar-refractivity contribution < 1.29 is 14.6 Å². The molecule has 1 rings (SSSR count). The monoisotopic (exact) mass is 222 g/mol. The second-order valence-electron chi connectivity index (χ2n) is 4.25. The van der Waals surface area contributed by atoms with Gasteiger partial charge < -0.3 is 9.84 Å². The van der Waals surface area contributed by atoms with Crippen LogP contribution >= 0.6 is 0 Å². The lowest BCUT2D eigenvalue weighted by molar-refractivity contribution is -0.138. The summed E-state index contributed by atoms with van der Waals surface area (Å²) in [5.74, 6) is 0.370. The van der Waals surface area contributed by atoms with Gasteiger partial charge >= 0.3 is 5.97 Å². The summed E-state index contributed by atoms with van der Waals surface area (Å²) in [7, 11) is 0. The van der Waals surface area contributed by atoms with Crippen LogP contribution in [0.1, 0.15) is 38.7 Å². The van der Waals surface area contributed by atoms with Crippen LogP contribution in [0.25, 0.3) is 0 Å². The highest BCUT2D eigenvalue weighted by molar-refractivity contribution is 5.67. The number of benzene rings is 1. The van der Waals surface area contributed by atoms with E-state index in [-0.39, 0.29) is 12.5 Å². The van der Waals surface area contributed by atoms with E-state index in [2.05, 4.69) is 13.8 Å². The first-order valence-electron chi connectivity index (χ1n) is 5.47. The molecule has 0 unspecified atom stereocenters. The smallest absolute Gasteiger partial charge is 0.307 e. The van der Waals surface area contributed by atoms with E-state index in [1.165, 1.54) is 5.56 Å². The van der Waals surface area contributed by atoms with E-state index in [1.54, 1.807) is 6.92 Å². The molecular weight excluding hydrogens is 204 g/mol. The molecule has 88 valence electrons. The predicted molar refractivity (Wildman–Crippen MR) is 62.9 cm³/mol. The molecule has 0 aliphatic carbocycles. The molecule has 3 nitrogen and oxygen atoms in total. The highest BCUT2D eigenvalue weighted by atomic mass is 16.5. The van der Waals surface area contributed by atoms with Crippen molar-refractivity contribution in [3.05, 3.63) is 29.8 Å². The molecule has 3 heteroatoms. The van der Waals surface area contributed by atoms with Crippen LogP contribution in [0, 0.1) is 0 Å². The molecule has 0 bridgehead atoms. The van der Waals surface area contributed by atoms with Crippen molar-refractivity contribution in [1.82, 2.24) is 0 Å². The molecule has 1 aromatic carbocycles. The fourth-order valence-electron chi connectivity index (χ4n) is 1.45. The number of carboxylic acids is 1. The van der Waals surface area contributed by atoms with E-state index < -0.39 is 5.97 Å². The van der Waals surface area contributed by atoms with Crippen LogP contribution in [-0.2, 0) is 4.79 Å². The van der Waals surface area contributed by atoms with Gasteiger partial charge in [-0.2, -0.15) is 0 Å². The third kappa shape index (κ3) is 3.93. The molecule has 0 heterocycles. The average Bonchev–Trinajstić information content (AvgIpc) is 2.16. The van der Waals surface area contributed by atoms with Gasteiger partial charge in [-0.15, -0.1) is 0 Å². The van der Waals surface area contributed by atoms with Gasteiger partial charge in [-0.25, -0.2) is 0 Å². The van der Waals surface area contributed by atoms with E-state index in [4.69, 9.17) is 9.84 Å². The maximum absolute atomic E-state index is 10.5. The summed E-state index contributed by atoms with van der Waals surface area (Å²) in [6.07, 6.45) is -0.284. The molecule has 16 heavy (non-hydrogen) atoms. The Kier molecular flexibility index (Phi) is 4.35. The molecule has 1 N–H and O–H groups in total. The summed E-state index contributed by atoms with van der Waals surface area (Å²) in [5.41, 5.74) is 1.25. The van der Waals surface area contributed by atoms with Gasteiger partial charge in [-0.05, 0) is 30.5 Å². The Bertz CT molecular complexity index is 341. The highest BCUT2D eigenvalue weighted by Crippen LogP contribution is 2.19. The summed E-state index contributed by atoms with van der Waals surface area (Å²) in [6, 6.07) is 7.78. The summed E-state index contributed by atoms with van der Waals surface area (Å²) < 4.78 is 5.48. The molecule has 0 radical (unpaired) electrons. The maximum atomic E-state index is 10.5. The largest absolute Gasteiger partial charge is 0.490 e. The average molecular weight is 222 g/mol. The minimum Gasteiger partial charge on any atom is -0.490 e. The van der Waals surface area contributed by atoms with E-state index in [0.717, 1.165) is 5.75 Å². The first kappa shape index (κ1) is 12.6. The number of rotatable bonds is 5. The zero-order valence-corrected chi connectivity index (χ0v) is 9.93. The fraction of sp³-hybridized carbons (Fsp3) is 0.462. The van der Waals surface area contributed by atoms with Gasteiger partial charge in [0, 0.05) is 0 Å². The van der Waals surface area contributed by atoms with Crippen LogP contribution in [0.5, 0.6) is 5.75 Å². The molecule has 0 aliphatic rings. The van der Waals surface area contributed by atoms with Crippen LogP contribution in [0.2, 0.25) is 0 Å². The predicted octanol–water partition coefficient (Wildman–Crippen LogP) is 3.05. The minimum atomic E-state index is -0.841. The molecule has 0 aromatic heterocycles. The molecule has 0 fully saturated rings. The normalized spacial score (nSPS) is 12.5. The van der Waals surface area contributed by atoms with Gasteiger partial charge in [0.2, 0.25) is 0 Å². The Labute approximate surface area is 96.1 Å². The van der Waals surface area contributed by atoms with Crippen molar-refractivity contribution in [2.75, 3.05) is 0 Å². The number of hydrogen-bond acceptors (Lipinski definition) is 2. The Morgan fingerprint density at radius 3 is 2.25 bits per heavy atom. The molecule has 1 atom stereocenters. The lowest BCUT2D eigenvalue weighted by Crippen LogP contribution is -2.16. The van der Waals surface area contributed by atoms with E-state index in [9.17, 15) is 4.79 Å². The first-order valence-corrected chi connectivity index (χ1v) is 5.47. The van der Waals surface area contributed by atoms with Gasteiger partial charge in [-0.3, -0.25) is 4.79 Å². The molecule has 0 spiro atoms. The third-order valence-electron chi connectivity index (χ3n) is 2.35. The first-order chi connectivity index (χ1) is 7.49. The Balaban J connectivity index is 2.58. The molecule has 0 saturated heterocycles. The van der Waals surface area contributed by atoms with Crippen LogP contribution in [0.4, 0.5) is 0 Å². The van der Waals surface area contributed by atoms with E-state index in [0.29, 0.717) is 5.92 Å². The quantitative estimate of drug-likeness (QED) is 0.832. The highest BCUT2D eigenvalue weighted by Gasteiger charge is 2.09. The standard InChI is InChI=1S/C13H18O3/c1-9(2)11-4-6-12(7-5-11)16-10(3)8-13(14)15/h4-7,9-10H,8H2,1-3H3,(H,14,15)/t10-/m0/s1. The maximum Gasteiger partial charge on any atom is 0.307 e. The van der Waals surface area contributed by atoms with Crippen molar-refractivity contribution in [2.24, 2.45) is 0 Å². The SMILES string of the molecule is CC(C)c1ccc(O[C@@H](C)CC(=O)O)cc1. The van der Waals surface area contributed by atoms with Gasteiger partial charge in [0.05, 0.1) is 6.42 Å². The zero-order valence-electron chi connectivity index (χ0n) is 9.93. The summed E-state index contributed by atoms with van der Waals surface area (Å²) in [6.45, 7) is 6.01. The fourth-order valence-corrected chi connectivity index (χ4v) is 1.45. The summed E-state index contributed by atoms with van der Waals surface area (Å²) >= 11 is 0. The van der Waals surface area contributed by atoms with Crippen molar-refractivity contribution in [3.63, 3.8) is 0 Å². The lowest BCUT2D eigenvalue weighted by atomic mass is 10.0. The molecule has 0 amide bonds. The van der Waals surface area contributed by atoms with Crippen LogP contribution in [0.3, 0.4) is 0 Å². The van der Waals surface area contributed by atoms with Crippen molar-refractivity contribution in [3.8, 4) is 5.75 Å². The number of carbonyl (C=O) groups is 1. The van der Waals surface area contributed by atoms with Crippen LogP contribution in [0.15, 0.2) is 24.3 Å². The van der Waals surface area contributed by atoms with Crippen LogP contribution < -0.4 is 4.74 Å². The second-order valence-corrected chi connectivity index (χ2v) is 4.25. The topological polar surface area (TPSA) is 46.5 Å². The Hall–Kier alpha value is -1.51. The number of aliphatic carboxylic acids is 1. The van der Waals surface area contributed by atoms with E-state index in [1.807, 2.05) is 24.3 Å².